The van der Waals surface area contributed by atoms with Crippen LogP contribution in [-0.2, 0) is 0 Å². The highest BCUT2D eigenvalue weighted by atomic mass is 79.9. The fraction of sp³-hybridized carbons (Fsp3) is 0.241. The van der Waals surface area contributed by atoms with E-state index in [-0.39, 0.29) is 11.6 Å². The Morgan fingerprint density at radius 2 is 1.18 bits per heavy atom. The van der Waals surface area contributed by atoms with Gasteiger partial charge in [0.2, 0.25) is 0 Å². The van der Waals surface area contributed by atoms with E-state index < -0.39 is 4.32 Å². The van der Waals surface area contributed by atoms with Crippen LogP contribution in [0.4, 0.5) is 0 Å². The highest BCUT2D eigenvalue weighted by Crippen LogP contribution is 2.39. The third kappa shape index (κ3) is 4.14. The van der Waals surface area contributed by atoms with E-state index in [0.717, 1.165) is 47.5 Å². The highest BCUT2D eigenvalue weighted by Gasteiger charge is 2.46. The van der Waals surface area contributed by atoms with Gasteiger partial charge in [-0.25, -0.2) is 0 Å². The second kappa shape index (κ2) is 9.20. The summed E-state index contributed by atoms with van der Waals surface area (Å²) in [7, 11) is 0. The van der Waals surface area contributed by atoms with Crippen molar-refractivity contribution in [1.29, 1.82) is 0 Å². The molecular weight excluding hydrogens is 474 g/mol. The van der Waals surface area contributed by atoms with Gasteiger partial charge in [0.05, 0.1) is 0 Å². The van der Waals surface area contributed by atoms with Gasteiger partial charge in [0.1, 0.15) is 0 Å². The zero-order valence-corrected chi connectivity index (χ0v) is 20.0. The van der Waals surface area contributed by atoms with Crippen LogP contribution in [0.1, 0.15) is 40.0 Å². The zero-order chi connectivity index (χ0) is 22.8. The van der Waals surface area contributed by atoms with Crippen molar-refractivity contribution in [3.63, 3.8) is 0 Å². The van der Waals surface area contributed by atoms with Gasteiger partial charge >= 0.3 is 0 Å². The lowest BCUT2D eigenvalue weighted by Gasteiger charge is -2.32. The Bertz CT molecular complexity index is 1240. The van der Waals surface area contributed by atoms with Crippen molar-refractivity contribution in [1.82, 2.24) is 5.32 Å². The number of nitrogens with one attached hydrogen (secondary N) is 1. The van der Waals surface area contributed by atoms with Crippen molar-refractivity contribution in [3.8, 4) is 0 Å². The Morgan fingerprint density at radius 3 is 1.70 bits per heavy atom. The number of Topliss-reactive ketones (excluding diaryl/α,β-unsaturated/α-hetero) is 2. The molecule has 4 heteroatoms. The standard InChI is InChI=1S/C29H26BrNO2/c30-29(19-20-15-17-31-18-16-20,27(32)25-13-5-9-21-7-1-3-11-23(21)25)28(33)26-14-6-10-22-8-2-4-12-24(22)26/h1-14,20,31H,15-19H2. The van der Waals surface area contributed by atoms with Crippen LogP contribution in [0, 0.1) is 5.92 Å². The van der Waals surface area contributed by atoms with Crippen molar-refractivity contribution in [2.24, 2.45) is 5.92 Å². The lowest BCUT2D eigenvalue weighted by Crippen LogP contribution is -2.44. The molecule has 1 aliphatic heterocycles. The predicted molar refractivity (Wildman–Crippen MR) is 138 cm³/mol. The maximum Gasteiger partial charge on any atom is 0.188 e. The summed E-state index contributed by atoms with van der Waals surface area (Å²) < 4.78 is -1.32. The van der Waals surface area contributed by atoms with Gasteiger partial charge in [-0.3, -0.25) is 9.59 Å². The van der Waals surface area contributed by atoms with Crippen LogP contribution in [0.25, 0.3) is 21.5 Å². The quantitative estimate of drug-likeness (QED) is 0.185. The highest BCUT2D eigenvalue weighted by molar-refractivity contribution is 9.10. The minimum absolute atomic E-state index is 0.157. The molecule has 1 saturated heterocycles. The molecule has 166 valence electrons. The molecule has 0 unspecified atom stereocenters. The van der Waals surface area contributed by atoms with E-state index in [2.05, 4.69) is 21.2 Å². The smallest absolute Gasteiger partial charge is 0.188 e. The van der Waals surface area contributed by atoms with Gasteiger partial charge in [-0.2, -0.15) is 0 Å². The fourth-order valence-electron chi connectivity index (χ4n) is 5.05. The van der Waals surface area contributed by atoms with Gasteiger partial charge in [0.25, 0.3) is 0 Å². The summed E-state index contributed by atoms with van der Waals surface area (Å²) in [6.07, 6.45) is 2.40. The average molecular weight is 500 g/mol. The van der Waals surface area contributed by atoms with Gasteiger partial charge in [-0.15, -0.1) is 0 Å². The number of rotatable bonds is 6. The molecule has 0 radical (unpaired) electrons. The molecule has 1 heterocycles. The molecule has 1 aliphatic rings. The first kappa shape index (κ1) is 22.0. The van der Waals surface area contributed by atoms with E-state index in [9.17, 15) is 9.59 Å². The Balaban J connectivity index is 1.64. The maximum absolute atomic E-state index is 14.2. The fourth-order valence-corrected chi connectivity index (χ4v) is 5.93. The van der Waals surface area contributed by atoms with Crippen molar-refractivity contribution < 1.29 is 9.59 Å². The molecule has 3 nitrogen and oxygen atoms in total. The molecule has 4 aromatic carbocycles. The number of carbonyl (C=O) groups is 2. The molecule has 33 heavy (non-hydrogen) atoms. The van der Waals surface area contributed by atoms with Crippen molar-refractivity contribution in [3.05, 3.63) is 96.1 Å². The van der Waals surface area contributed by atoms with Crippen molar-refractivity contribution in [2.45, 2.75) is 23.6 Å². The molecule has 0 aliphatic carbocycles. The van der Waals surface area contributed by atoms with E-state index in [0.29, 0.717) is 23.5 Å². The van der Waals surface area contributed by atoms with Crippen LogP contribution in [0.15, 0.2) is 84.9 Å². The summed E-state index contributed by atoms with van der Waals surface area (Å²) in [6.45, 7) is 1.83. The third-order valence-corrected chi connectivity index (χ3v) is 7.86. The molecule has 0 atom stereocenters. The minimum Gasteiger partial charge on any atom is -0.317 e. The Labute approximate surface area is 202 Å². The monoisotopic (exact) mass is 499 g/mol. The number of halogens is 1. The number of carbonyl (C=O) groups excluding carboxylic acids is 2. The lowest BCUT2D eigenvalue weighted by molar-refractivity contribution is 0.0819. The molecule has 0 aromatic heterocycles. The zero-order valence-electron chi connectivity index (χ0n) is 18.4. The van der Waals surface area contributed by atoms with Gasteiger partial charge in [-0.1, -0.05) is 101 Å². The van der Waals surface area contributed by atoms with E-state index in [1.807, 2.05) is 84.9 Å². The first-order valence-electron chi connectivity index (χ1n) is 11.5. The molecular formula is C29H26BrNO2. The first-order valence-corrected chi connectivity index (χ1v) is 12.3. The predicted octanol–water partition coefficient (Wildman–Crippen LogP) is 6.58. The Kier molecular flexibility index (Phi) is 6.13. The molecule has 1 fully saturated rings. The molecule has 1 N–H and O–H groups in total. The maximum atomic E-state index is 14.2. The number of alkyl halides is 1. The van der Waals surface area contributed by atoms with Gasteiger partial charge in [0, 0.05) is 11.1 Å². The van der Waals surface area contributed by atoms with E-state index in [4.69, 9.17) is 0 Å². The van der Waals surface area contributed by atoms with Gasteiger partial charge in [-0.05, 0) is 59.8 Å². The number of benzene rings is 4. The Hall–Kier alpha value is -2.82. The number of piperidine rings is 1. The van der Waals surface area contributed by atoms with Crippen LogP contribution >= 0.6 is 15.9 Å². The number of fused-ring (bicyclic) bond motifs is 2. The molecule has 5 rings (SSSR count). The van der Waals surface area contributed by atoms with Crippen LogP contribution < -0.4 is 5.32 Å². The molecule has 0 spiro atoms. The molecule has 0 saturated carbocycles. The first-order chi connectivity index (χ1) is 16.1. The summed E-state index contributed by atoms with van der Waals surface area (Å²) in [6, 6.07) is 27.2. The lowest BCUT2D eigenvalue weighted by atomic mass is 9.78. The number of hydrogen-bond acceptors (Lipinski definition) is 3. The summed E-state index contributed by atoms with van der Waals surface area (Å²) >= 11 is 3.78. The molecule has 4 aromatic rings. The van der Waals surface area contributed by atoms with E-state index >= 15 is 0 Å². The van der Waals surface area contributed by atoms with E-state index in [1.165, 1.54) is 0 Å². The topological polar surface area (TPSA) is 46.2 Å². The normalized spacial score (nSPS) is 15.1. The third-order valence-electron chi connectivity index (χ3n) is 6.82. The van der Waals surface area contributed by atoms with E-state index in [1.54, 1.807) is 0 Å². The number of hydrogen-bond donors (Lipinski definition) is 1. The van der Waals surface area contributed by atoms with Crippen LogP contribution in [0.3, 0.4) is 0 Å². The largest absolute Gasteiger partial charge is 0.317 e. The summed E-state index contributed by atoms with van der Waals surface area (Å²) in [5.41, 5.74) is 1.18. The molecule has 0 bridgehead atoms. The summed E-state index contributed by atoms with van der Waals surface area (Å²) in [5.74, 6) is -0.0185. The summed E-state index contributed by atoms with van der Waals surface area (Å²) in [5, 5.41) is 7.14. The molecule has 0 amide bonds. The average Bonchev–Trinajstić information content (AvgIpc) is 2.87. The van der Waals surface area contributed by atoms with Crippen molar-refractivity contribution >= 4 is 49.0 Å². The van der Waals surface area contributed by atoms with Gasteiger partial charge in [0.15, 0.2) is 15.9 Å². The minimum atomic E-state index is -1.32. The van der Waals surface area contributed by atoms with Crippen molar-refractivity contribution in [2.75, 3.05) is 13.1 Å². The second-order valence-corrected chi connectivity index (χ2v) is 10.3. The van der Waals surface area contributed by atoms with Crippen LogP contribution in [0.5, 0.6) is 0 Å². The summed E-state index contributed by atoms with van der Waals surface area (Å²) in [4.78, 5) is 28.4. The van der Waals surface area contributed by atoms with Crippen LogP contribution in [-0.4, -0.2) is 29.0 Å². The van der Waals surface area contributed by atoms with Gasteiger partial charge < -0.3 is 5.32 Å². The second-order valence-electron chi connectivity index (χ2n) is 8.91. The Morgan fingerprint density at radius 1 is 0.727 bits per heavy atom. The number of ketones is 2. The van der Waals surface area contributed by atoms with Crippen LogP contribution in [0.2, 0.25) is 0 Å². The SMILES string of the molecule is O=C(c1cccc2ccccc12)C(Br)(CC1CCNCC1)C(=O)c1cccc2ccccc12.